The van der Waals surface area contributed by atoms with E-state index >= 15 is 0 Å². The van der Waals surface area contributed by atoms with Gasteiger partial charge in [0.2, 0.25) is 0 Å². The lowest BCUT2D eigenvalue weighted by atomic mass is 9.93. The molecule has 0 aromatic rings. The molecule has 0 aliphatic carbocycles. The third-order valence-corrected chi connectivity index (χ3v) is 3.14. The summed E-state index contributed by atoms with van der Waals surface area (Å²) in [6.07, 6.45) is 4.03. The molecule has 0 spiro atoms. The van der Waals surface area contributed by atoms with Crippen LogP contribution >= 0.6 is 12.4 Å². The van der Waals surface area contributed by atoms with E-state index in [0.717, 1.165) is 19.6 Å². The van der Waals surface area contributed by atoms with Crippen LogP contribution in [-0.4, -0.2) is 32.0 Å². The van der Waals surface area contributed by atoms with Crippen molar-refractivity contribution in [1.82, 2.24) is 10.6 Å². The van der Waals surface area contributed by atoms with Gasteiger partial charge in [0.05, 0.1) is 6.61 Å². The average molecular weight is 235 g/mol. The minimum absolute atomic E-state index is 0. The first-order chi connectivity index (χ1) is 6.66. The van der Waals surface area contributed by atoms with Crippen LogP contribution in [0.4, 0.5) is 0 Å². The van der Waals surface area contributed by atoms with Crippen LogP contribution in [0.3, 0.4) is 0 Å². The van der Waals surface area contributed by atoms with E-state index in [4.69, 9.17) is 4.74 Å². The van der Waals surface area contributed by atoms with Crippen LogP contribution in [0.25, 0.3) is 0 Å². The third kappa shape index (κ3) is 3.91. The minimum Gasteiger partial charge on any atom is -0.363 e. The summed E-state index contributed by atoms with van der Waals surface area (Å²) >= 11 is 0. The number of nitrogens with one attached hydrogen (secondary N) is 2. The Labute approximate surface area is 98.7 Å². The lowest BCUT2D eigenvalue weighted by Gasteiger charge is -2.36. The summed E-state index contributed by atoms with van der Waals surface area (Å²) in [4.78, 5) is 0. The Hall–Kier alpha value is 0.170. The van der Waals surface area contributed by atoms with Gasteiger partial charge in [0.15, 0.2) is 0 Å². The first kappa shape index (κ1) is 13.2. The highest BCUT2D eigenvalue weighted by Gasteiger charge is 2.29. The highest BCUT2D eigenvalue weighted by atomic mass is 35.5. The molecular weight excluding hydrogens is 212 g/mol. The number of halogens is 1. The van der Waals surface area contributed by atoms with Gasteiger partial charge in [0, 0.05) is 24.4 Å². The van der Waals surface area contributed by atoms with Gasteiger partial charge in [0.1, 0.15) is 6.23 Å². The second-order valence-corrected chi connectivity index (χ2v) is 5.37. The lowest BCUT2D eigenvalue weighted by Crippen LogP contribution is -2.49. The average Bonchev–Trinajstić information content (AvgIpc) is 2.61. The van der Waals surface area contributed by atoms with Crippen LogP contribution in [0, 0.1) is 5.41 Å². The van der Waals surface area contributed by atoms with Gasteiger partial charge in [-0.15, -0.1) is 12.4 Å². The Balaban J connectivity index is 0.00000112. The lowest BCUT2D eigenvalue weighted by molar-refractivity contribution is -0.0638. The maximum absolute atomic E-state index is 5.80. The van der Waals surface area contributed by atoms with Gasteiger partial charge in [-0.1, -0.05) is 13.8 Å². The molecule has 2 aliphatic heterocycles. The first-order valence-electron chi connectivity index (χ1n) is 5.74. The maximum atomic E-state index is 5.80. The third-order valence-electron chi connectivity index (χ3n) is 3.14. The van der Waals surface area contributed by atoms with Gasteiger partial charge in [-0.25, -0.2) is 0 Å². The summed E-state index contributed by atoms with van der Waals surface area (Å²) in [5.74, 6) is 0. The van der Waals surface area contributed by atoms with Gasteiger partial charge in [-0.2, -0.15) is 0 Å². The first-order valence-corrected chi connectivity index (χ1v) is 5.74. The molecule has 2 heterocycles. The summed E-state index contributed by atoms with van der Waals surface area (Å²) in [5, 5.41) is 6.98. The highest BCUT2D eigenvalue weighted by Crippen LogP contribution is 2.21. The van der Waals surface area contributed by atoms with Gasteiger partial charge in [-0.05, 0) is 19.4 Å². The normalized spacial score (nSPS) is 34.8. The summed E-state index contributed by atoms with van der Waals surface area (Å²) in [6.45, 7) is 7.62. The van der Waals surface area contributed by atoms with Gasteiger partial charge in [-0.3, -0.25) is 5.32 Å². The van der Waals surface area contributed by atoms with Crippen molar-refractivity contribution in [1.29, 1.82) is 0 Å². The standard InChI is InChI=1S/C11H22N2O.ClH/c1-11(2)7-13-10(14-8-11)6-9-4-3-5-12-9;/h9-10,12-13H,3-8H2,1-2H3;1H. The molecule has 2 unspecified atom stereocenters. The van der Waals surface area contributed by atoms with Crippen LogP contribution < -0.4 is 10.6 Å². The Bertz CT molecular complexity index is 183. The van der Waals surface area contributed by atoms with E-state index in [1.165, 1.54) is 19.4 Å². The van der Waals surface area contributed by atoms with Crippen molar-refractivity contribution in [3.05, 3.63) is 0 Å². The molecule has 4 heteroatoms. The minimum atomic E-state index is 0. The van der Waals surface area contributed by atoms with Crippen molar-refractivity contribution in [2.24, 2.45) is 5.41 Å². The van der Waals surface area contributed by atoms with Crippen molar-refractivity contribution in [3.8, 4) is 0 Å². The Morgan fingerprint density at radius 1 is 1.33 bits per heavy atom. The summed E-state index contributed by atoms with van der Waals surface area (Å²) in [5.41, 5.74) is 0.305. The number of hydrogen-bond acceptors (Lipinski definition) is 3. The molecule has 0 bridgehead atoms. The quantitative estimate of drug-likeness (QED) is 0.760. The highest BCUT2D eigenvalue weighted by molar-refractivity contribution is 5.85. The topological polar surface area (TPSA) is 33.3 Å². The predicted molar refractivity (Wildman–Crippen MR) is 64.4 cm³/mol. The molecule has 0 aromatic carbocycles. The molecule has 2 fully saturated rings. The molecule has 2 saturated heterocycles. The molecule has 0 aromatic heterocycles. The van der Waals surface area contributed by atoms with Crippen molar-refractivity contribution in [2.45, 2.75) is 45.4 Å². The molecule has 90 valence electrons. The van der Waals surface area contributed by atoms with Crippen LogP contribution in [0.2, 0.25) is 0 Å². The van der Waals surface area contributed by atoms with E-state index in [0.29, 0.717) is 11.5 Å². The molecule has 3 nitrogen and oxygen atoms in total. The zero-order valence-electron chi connectivity index (χ0n) is 9.71. The molecule has 0 radical (unpaired) electrons. The van der Waals surface area contributed by atoms with E-state index in [1.54, 1.807) is 0 Å². The Morgan fingerprint density at radius 3 is 2.67 bits per heavy atom. The van der Waals surface area contributed by atoms with Crippen LogP contribution in [-0.2, 0) is 4.74 Å². The SMILES string of the molecule is CC1(C)CNC(CC2CCCN2)OC1.Cl. The molecular formula is C11H23ClN2O. The smallest absolute Gasteiger partial charge is 0.109 e. The molecule has 15 heavy (non-hydrogen) atoms. The van der Waals surface area contributed by atoms with Crippen molar-refractivity contribution in [3.63, 3.8) is 0 Å². The molecule has 2 atom stereocenters. The van der Waals surface area contributed by atoms with Crippen LogP contribution in [0.15, 0.2) is 0 Å². The van der Waals surface area contributed by atoms with Crippen molar-refractivity contribution in [2.75, 3.05) is 19.7 Å². The zero-order valence-corrected chi connectivity index (χ0v) is 10.5. The number of ether oxygens (including phenoxy) is 1. The largest absolute Gasteiger partial charge is 0.363 e. The predicted octanol–water partition coefficient (Wildman–Crippen LogP) is 1.52. The Morgan fingerprint density at radius 2 is 2.13 bits per heavy atom. The maximum Gasteiger partial charge on any atom is 0.109 e. The van der Waals surface area contributed by atoms with E-state index in [-0.39, 0.29) is 18.6 Å². The molecule has 0 amide bonds. The summed E-state index contributed by atoms with van der Waals surface area (Å²) in [6, 6.07) is 0.675. The number of rotatable bonds is 2. The molecule has 0 saturated carbocycles. The van der Waals surface area contributed by atoms with E-state index < -0.39 is 0 Å². The second-order valence-electron chi connectivity index (χ2n) is 5.37. The van der Waals surface area contributed by atoms with Crippen molar-refractivity contribution >= 4 is 12.4 Å². The van der Waals surface area contributed by atoms with E-state index in [2.05, 4.69) is 24.5 Å². The fourth-order valence-electron chi connectivity index (χ4n) is 2.19. The van der Waals surface area contributed by atoms with Crippen LogP contribution in [0.5, 0.6) is 0 Å². The van der Waals surface area contributed by atoms with Gasteiger partial charge >= 0.3 is 0 Å². The zero-order chi connectivity index (χ0) is 10.0. The van der Waals surface area contributed by atoms with E-state index in [9.17, 15) is 0 Å². The Kier molecular flexibility index (Phi) is 4.84. The second kappa shape index (κ2) is 5.48. The van der Waals surface area contributed by atoms with Crippen molar-refractivity contribution < 1.29 is 4.74 Å². The van der Waals surface area contributed by atoms with Crippen LogP contribution in [0.1, 0.15) is 33.1 Å². The van der Waals surface area contributed by atoms with Gasteiger partial charge < -0.3 is 10.1 Å². The van der Waals surface area contributed by atoms with E-state index in [1.807, 2.05) is 0 Å². The molecule has 2 N–H and O–H groups in total. The summed E-state index contributed by atoms with van der Waals surface area (Å²) < 4.78 is 5.80. The molecule has 2 rings (SSSR count). The fourth-order valence-corrected chi connectivity index (χ4v) is 2.19. The summed E-state index contributed by atoms with van der Waals surface area (Å²) in [7, 11) is 0. The monoisotopic (exact) mass is 234 g/mol. The fraction of sp³-hybridized carbons (Fsp3) is 1.00. The molecule has 2 aliphatic rings. The van der Waals surface area contributed by atoms with Gasteiger partial charge in [0.25, 0.3) is 0 Å². The number of hydrogen-bond donors (Lipinski definition) is 2.